The predicted octanol–water partition coefficient (Wildman–Crippen LogP) is 2.19. The number of rotatable bonds is 2. The van der Waals surface area contributed by atoms with E-state index in [1.807, 2.05) is 0 Å². The number of piperidine rings is 1. The molecule has 1 aromatic rings. The molecule has 1 N–H and O–H groups in total. The average molecular weight is 287 g/mol. The van der Waals surface area contributed by atoms with E-state index in [1.165, 1.54) is 19.3 Å². The first-order valence-corrected chi connectivity index (χ1v) is 6.98. The summed E-state index contributed by atoms with van der Waals surface area (Å²) in [6, 6.07) is 0. The zero-order valence-corrected chi connectivity index (χ0v) is 12.5. The van der Waals surface area contributed by atoms with Crippen LogP contribution in [-0.2, 0) is 0 Å². The number of aromatic nitrogens is 2. The summed E-state index contributed by atoms with van der Waals surface area (Å²) in [6.07, 6.45) is 3.83. The van der Waals surface area contributed by atoms with Crippen molar-refractivity contribution in [3.63, 3.8) is 0 Å². The quantitative estimate of drug-likeness (QED) is 0.903. The molecule has 6 heteroatoms. The topological polar surface area (TPSA) is 54.2 Å². The van der Waals surface area contributed by atoms with E-state index >= 15 is 0 Å². The molecular weight excluding hydrogens is 264 g/mol. The lowest BCUT2D eigenvalue weighted by Gasteiger charge is -2.39. The van der Waals surface area contributed by atoms with Gasteiger partial charge in [-0.25, -0.2) is 0 Å². The molecule has 3 rings (SSSR count). The normalized spacial score (nSPS) is 27.0. The molecule has 1 atom stereocenters. The summed E-state index contributed by atoms with van der Waals surface area (Å²) >= 11 is 0. The number of nitrogens with one attached hydrogen (secondary N) is 1. The van der Waals surface area contributed by atoms with E-state index in [-0.39, 0.29) is 12.4 Å². The van der Waals surface area contributed by atoms with Gasteiger partial charge in [0.25, 0.3) is 5.95 Å². The molecule has 1 spiro atoms. The molecular formula is C13H23ClN4O. The highest BCUT2D eigenvalue weighted by Gasteiger charge is 2.39. The molecule has 1 unspecified atom stereocenters. The minimum atomic E-state index is 0. The second kappa shape index (κ2) is 5.67. The minimum absolute atomic E-state index is 0. The highest BCUT2D eigenvalue weighted by atomic mass is 35.5. The van der Waals surface area contributed by atoms with Crippen LogP contribution >= 0.6 is 12.4 Å². The molecule has 0 amide bonds. The summed E-state index contributed by atoms with van der Waals surface area (Å²) in [6.45, 7) is 8.57. The molecule has 0 aliphatic carbocycles. The molecule has 1 aromatic heterocycles. The van der Waals surface area contributed by atoms with Crippen LogP contribution in [0.5, 0.6) is 0 Å². The van der Waals surface area contributed by atoms with Crippen LogP contribution < -0.4 is 10.2 Å². The minimum Gasteiger partial charge on any atom is -0.338 e. The van der Waals surface area contributed by atoms with Crippen molar-refractivity contribution >= 4 is 18.4 Å². The Morgan fingerprint density at radius 2 is 2.21 bits per heavy atom. The van der Waals surface area contributed by atoms with Crippen LogP contribution in [0, 0.1) is 5.41 Å². The van der Waals surface area contributed by atoms with E-state index in [2.05, 4.69) is 34.2 Å². The number of anilines is 1. The van der Waals surface area contributed by atoms with Crippen molar-refractivity contribution in [3.05, 3.63) is 5.89 Å². The van der Waals surface area contributed by atoms with Gasteiger partial charge >= 0.3 is 0 Å². The highest BCUT2D eigenvalue weighted by molar-refractivity contribution is 5.85. The number of hydrogen-bond donors (Lipinski definition) is 1. The lowest BCUT2D eigenvalue weighted by Crippen LogP contribution is -2.45. The van der Waals surface area contributed by atoms with Gasteiger partial charge in [0.15, 0.2) is 0 Å². The Morgan fingerprint density at radius 3 is 2.84 bits per heavy atom. The summed E-state index contributed by atoms with van der Waals surface area (Å²) in [4.78, 5) is 6.81. The summed E-state index contributed by atoms with van der Waals surface area (Å²) in [7, 11) is 0. The first-order valence-electron chi connectivity index (χ1n) is 6.98. The van der Waals surface area contributed by atoms with E-state index in [4.69, 9.17) is 4.52 Å². The molecule has 2 fully saturated rings. The number of halogens is 1. The molecule has 3 heterocycles. The zero-order chi connectivity index (χ0) is 12.6. The Hall–Kier alpha value is -0.810. The van der Waals surface area contributed by atoms with Gasteiger partial charge in [-0.05, 0) is 31.0 Å². The highest BCUT2D eigenvalue weighted by Crippen LogP contribution is 2.36. The standard InChI is InChI=1S/C13H22N4O.ClH/c1-10(2)11-15-12(16-18-11)17-7-3-4-13(9-17)5-6-14-8-13;/h10,14H,3-9H2,1-2H3;1H. The molecule has 2 aliphatic rings. The summed E-state index contributed by atoms with van der Waals surface area (Å²) in [5.41, 5.74) is 0.441. The van der Waals surface area contributed by atoms with E-state index in [9.17, 15) is 0 Å². The fraction of sp³-hybridized carbons (Fsp3) is 0.846. The smallest absolute Gasteiger partial charge is 0.266 e. The van der Waals surface area contributed by atoms with Crippen LogP contribution in [0.1, 0.15) is 44.9 Å². The van der Waals surface area contributed by atoms with Crippen LogP contribution in [-0.4, -0.2) is 36.3 Å². The maximum atomic E-state index is 5.31. The summed E-state index contributed by atoms with van der Waals surface area (Å²) in [5.74, 6) is 1.83. The van der Waals surface area contributed by atoms with Gasteiger partial charge in [0.1, 0.15) is 0 Å². The zero-order valence-electron chi connectivity index (χ0n) is 11.7. The molecule has 0 aromatic carbocycles. The molecule has 0 saturated carbocycles. The molecule has 5 nitrogen and oxygen atoms in total. The average Bonchev–Trinajstić information content (AvgIpc) is 2.98. The van der Waals surface area contributed by atoms with E-state index in [0.717, 1.165) is 38.0 Å². The van der Waals surface area contributed by atoms with Crippen molar-refractivity contribution in [1.82, 2.24) is 15.5 Å². The van der Waals surface area contributed by atoms with Gasteiger partial charge in [-0.15, -0.1) is 12.4 Å². The molecule has 19 heavy (non-hydrogen) atoms. The summed E-state index contributed by atoms with van der Waals surface area (Å²) in [5, 5.41) is 7.62. The Labute approximate surface area is 120 Å². The van der Waals surface area contributed by atoms with Crippen molar-refractivity contribution in [1.29, 1.82) is 0 Å². The predicted molar refractivity (Wildman–Crippen MR) is 77.0 cm³/mol. The van der Waals surface area contributed by atoms with Gasteiger partial charge in [-0.2, -0.15) is 4.98 Å². The second-order valence-corrected chi connectivity index (χ2v) is 6.04. The fourth-order valence-electron chi connectivity index (χ4n) is 3.11. The van der Waals surface area contributed by atoms with E-state index in [0.29, 0.717) is 11.3 Å². The Kier molecular flexibility index (Phi) is 4.36. The third-order valence-corrected chi connectivity index (χ3v) is 4.20. The van der Waals surface area contributed by atoms with E-state index < -0.39 is 0 Å². The van der Waals surface area contributed by atoms with Crippen LogP contribution in [0.25, 0.3) is 0 Å². The molecule has 2 aliphatic heterocycles. The third kappa shape index (κ3) is 2.87. The second-order valence-electron chi connectivity index (χ2n) is 6.04. The molecule has 0 radical (unpaired) electrons. The molecule has 108 valence electrons. The monoisotopic (exact) mass is 286 g/mol. The Bertz CT molecular complexity index is 415. The Morgan fingerprint density at radius 1 is 1.37 bits per heavy atom. The fourth-order valence-corrected chi connectivity index (χ4v) is 3.11. The lowest BCUT2D eigenvalue weighted by molar-refractivity contribution is 0.257. The van der Waals surface area contributed by atoms with Crippen LogP contribution in [0.2, 0.25) is 0 Å². The molecule has 0 bridgehead atoms. The van der Waals surface area contributed by atoms with Crippen molar-refractivity contribution in [2.24, 2.45) is 5.41 Å². The van der Waals surface area contributed by atoms with Gasteiger partial charge in [0.05, 0.1) is 0 Å². The van der Waals surface area contributed by atoms with Crippen molar-refractivity contribution in [2.45, 2.75) is 39.0 Å². The van der Waals surface area contributed by atoms with Crippen molar-refractivity contribution < 1.29 is 4.52 Å². The largest absolute Gasteiger partial charge is 0.338 e. The van der Waals surface area contributed by atoms with Crippen LogP contribution in [0.3, 0.4) is 0 Å². The van der Waals surface area contributed by atoms with Crippen LogP contribution in [0.4, 0.5) is 5.95 Å². The Balaban J connectivity index is 0.00000133. The van der Waals surface area contributed by atoms with Gasteiger partial charge < -0.3 is 14.7 Å². The van der Waals surface area contributed by atoms with Gasteiger partial charge in [-0.1, -0.05) is 13.8 Å². The van der Waals surface area contributed by atoms with Gasteiger partial charge in [0.2, 0.25) is 5.89 Å². The maximum Gasteiger partial charge on any atom is 0.266 e. The third-order valence-electron chi connectivity index (χ3n) is 4.20. The molecule has 2 saturated heterocycles. The number of hydrogen-bond acceptors (Lipinski definition) is 5. The van der Waals surface area contributed by atoms with Crippen molar-refractivity contribution in [2.75, 3.05) is 31.1 Å². The van der Waals surface area contributed by atoms with Crippen LogP contribution in [0.15, 0.2) is 4.52 Å². The van der Waals surface area contributed by atoms with E-state index in [1.54, 1.807) is 0 Å². The SMILES string of the molecule is CC(C)c1nc(N2CCCC3(CCNC3)C2)no1.Cl. The lowest BCUT2D eigenvalue weighted by atomic mass is 9.79. The van der Waals surface area contributed by atoms with Gasteiger partial charge in [-0.3, -0.25) is 0 Å². The first kappa shape index (κ1) is 14.6. The van der Waals surface area contributed by atoms with Gasteiger partial charge in [0, 0.05) is 31.0 Å². The number of nitrogens with zero attached hydrogens (tertiary/aromatic N) is 3. The first-order chi connectivity index (χ1) is 8.69. The summed E-state index contributed by atoms with van der Waals surface area (Å²) < 4.78 is 5.31. The maximum absolute atomic E-state index is 5.31. The van der Waals surface area contributed by atoms with Crippen molar-refractivity contribution in [3.8, 4) is 0 Å².